The lowest BCUT2D eigenvalue weighted by Gasteiger charge is -2.24. The van der Waals surface area contributed by atoms with Gasteiger partial charge in [-0.3, -0.25) is 18.6 Å². The van der Waals surface area contributed by atoms with Gasteiger partial charge >= 0.3 is 19.8 Å². The summed E-state index contributed by atoms with van der Waals surface area (Å²) in [5.74, 6) is -0.806. The molecule has 0 aromatic heterocycles. The molecule has 0 fully saturated rings. The third-order valence-electron chi connectivity index (χ3n) is 13.3. The molecule has 2 atom stereocenters. The molecule has 0 aliphatic heterocycles. The van der Waals surface area contributed by atoms with E-state index < -0.39 is 26.5 Å². The fourth-order valence-electron chi connectivity index (χ4n) is 8.44. The highest BCUT2D eigenvalue weighted by atomic mass is 31.2. The van der Waals surface area contributed by atoms with Crippen LogP contribution in [0.15, 0.2) is 109 Å². The Morgan fingerprint density at radius 2 is 0.731 bits per heavy atom. The van der Waals surface area contributed by atoms with Gasteiger partial charge in [0.25, 0.3) is 0 Å². The van der Waals surface area contributed by atoms with E-state index in [-0.39, 0.29) is 32.0 Å². The van der Waals surface area contributed by atoms with Crippen LogP contribution in [0.5, 0.6) is 0 Å². The van der Waals surface area contributed by atoms with Crippen LogP contribution >= 0.6 is 7.82 Å². The summed E-state index contributed by atoms with van der Waals surface area (Å²) in [6, 6.07) is 0. The van der Waals surface area contributed by atoms with E-state index in [9.17, 15) is 19.0 Å². The van der Waals surface area contributed by atoms with Gasteiger partial charge in [0.15, 0.2) is 6.10 Å². The Kier molecular flexibility index (Phi) is 55.8. The van der Waals surface area contributed by atoms with Crippen molar-refractivity contribution in [1.29, 1.82) is 0 Å². The van der Waals surface area contributed by atoms with E-state index in [0.29, 0.717) is 17.4 Å². The molecule has 0 bridgehead atoms. The van der Waals surface area contributed by atoms with E-state index in [1.165, 1.54) is 128 Å². The molecule has 0 saturated heterocycles. The van der Waals surface area contributed by atoms with Crippen molar-refractivity contribution in [3.63, 3.8) is 0 Å². The first-order chi connectivity index (χ1) is 38.0. The Labute approximate surface area is 480 Å². The average molecular weight is 1110 g/mol. The fraction of sp³-hybridized carbons (Fsp3) is 0.706. The fourth-order valence-corrected chi connectivity index (χ4v) is 9.18. The number of likely N-dealkylation sites (N-methyl/N-ethyl adjacent to an activating group) is 1. The maximum Gasteiger partial charge on any atom is 0.472 e. The average Bonchev–Trinajstić information content (AvgIpc) is 3.41. The van der Waals surface area contributed by atoms with E-state index in [4.69, 9.17) is 18.5 Å². The Hall–Kier alpha value is -3.33. The summed E-state index contributed by atoms with van der Waals surface area (Å²) in [6.45, 7) is 4.31. The van der Waals surface area contributed by atoms with Crippen molar-refractivity contribution in [2.75, 3.05) is 47.5 Å². The first kappa shape index (κ1) is 74.7. The van der Waals surface area contributed by atoms with Gasteiger partial charge in [-0.25, -0.2) is 4.57 Å². The molecule has 0 aliphatic rings. The van der Waals surface area contributed by atoms with Gasteiger partial charge in [0.2, 0.25) is 0 Å². The molecule has 10 heteroatoms. The van der Waals surface area contributed by atoms with Crippen LogP contribution in [0.2, 0.25) is 0 Å². The molecule has 0 aromatic rings. The number of quaternary nitrogens is 1. The number of esters is 2. The third-order valence-corrected chi connectivity index (χ3v) is 14.3. The highest BCUT2D eigenvalue weighted by Crippen LogP contribution is 2.43. The van der Waals surface area contributed by atoms with Gasteiger partial charge < -0.3 is 18.9 Å². The Balaban J connectivity index is 4.14. The summed E-state index contributed by atoms with van der Waals surface area (Å²) in [4.78, 5) is 35.8. The summed E-state index contributed by atoms with van der Waals surface area (Å²) in [5, 5.41) is 0. The van der Waals surface area contributed by atoms with E-state index in [2.05, 4.69) is 123 Å². The molecule has 0 rings (SSSR count). The Morgan fingerprint density at radius 1 is 0.410 bits per heavy atom. The van der Waals surface area contributed by atoms with Crippen LogP contribution in [0.4, 0.5) is 0 Å². The molecule has 9 nitrogen and oxygen atoms in total. The molecule has 0 saturated carbocycles. The van der Waals surface area contributed by atoms with E-state index in [1.54, 1.807) is 0 Å². The number of phosphoric acid groups is 1. The number of nitrogens with zero attached hydrogens (tertiary/aromatic N) is 1. The number of ether oxygens (including phenoxy) is 2. The minimum absolute atomic E-state index is 0.0259. The van der Waals surface area contributed by atoms with Crippen molar-refractivity contribution in [1.82, 2.24) is 0 Å². The van der Waals surface area contributed by atoms with Crippen molar-refractivity contribution in [2.24, 2.45) is 0 Å². The molecule has 448 valence electrons. The summed E-state index contributed by atoms with van der Waals surface area (Å²) in [7, 11) is 1.46. The van der Waals surface area contributed by atoms with Crippen LogP contribution in [0, 0.1) is 0 Å². The van der Waals surface area contributed by atoms with E-state index >= 15 is 0 Å². The number of hydrogen-bond donors (Lipinski definition) is 1. The summed E-state index contributed by atoms with van der Waals surface area (Å²) in [6.07, 6.45) is 81.6. The smallest absolute Gasteiger partial charge is 0.462 e. The molecule has 0 spiro atoms. The Morgan fingerprint density at radius 3 is 1.09 bits per heavy atom. The second-order valence-corrected chi connectivity index (χ2v) is 23.5. The van der Waals surface area contributed by atoms with Crippen molar-refractivity contribution < 1.29 is 42.1 Å². The molecule has 1 N–H and O–H groups in total. The lowest BCUT2D eigenvalue weighted by molar-refractivity contribution is -0.870. The quantitative estimate of drug-likeness (QED) is 0.0211. The van der Waals surface area contributed by atoms with Crippen molar-refractivity contribution >= 4 is 19.8 Å². The SMILES string of the molecule is CC/C=C\C/C=C\C/C=C\C/C=C\C/C=C\C/C=C\C/C=C\CCCCCCCCCCCCCC(=O)OC(COC(=O)CCCCCCCCCCC/C=C\C/C=C\CCCCCCC)COP(=O)(O)OCC[N+](C)(C)C. The standard InChI is InChI=1S/C68H118NO8P/c1-6-8-10-12-14-16-18-20-22-24-26-28-29-30-31-32-33-34-35-36-37-38-39-41-43-45-47-49-51-53-55-57-59-61-68(71)77-66(65-76-78(72,73)75-63-62-69(3,4)5)64-74-67(70)60-58-56-54-52-50-48-46-44-42-40-27-25-23-21-19-17-15-13-11-9-7-2/h8,10,14,16,19-22,25-28,30-31,33-34,36-37,66H,6-7,9,11-13,15,17-18,23-24,29,32,35,38-65H2,1-5H3/p+1/b10-8-,16-14-,21-19-,22-20-,27-25-,28-26-,31-30-,34-33-,37-36-. The molecule has 0 radical (unpaired) electrons. The van der Waals surface area contributed by atoms with Crippen molar-refractivity contribution in [2.45, 2.75) is 264 Å². The maximum absolute atomic E-state index is 12.8. The number of unbranched alkanes of at least 4 members (excludes halogenated alkanes) is 25. The predicted molar refractivity (Wildman–Crippen MR) is 335 cm³/mol. The van der Waals surface area contributed by atoms with Gasteiger partial charge in [-0.1, -0.05) is 252 Å². The van der Waals surface area contributed by atoms with Crippen molar-refractivity contribution in [3.8, 4) is 0 Å². The molecule has 0 heterocycles. The lowest BCUT2D eigenvalue weighted by atomic mass is 10.0. The predicted octanol–water partition coefficient (Wildman–Crippen LogP) is 20.2. The van der Waals surface area contributed by atoms with Crippen molar-refractivity contribution in [3.05, 3.63) is 109 Å². The molecule has 2 unspecified atom stereocenters. The lowest BCUT2D eigenvalue weighted by Crippen LogP contribution is -2.37. The summed E-state index contributed by atoms with van der Waals surface area (Å²) >= 11 is 0. The monoisotopic (exact) mass is 1110 g/mol. The van der Waals surface area contributed by atoms with Crippen LogP contribution in [0.3, 0.4) is 0 Å². The summed E-state index contributed by atoms with van der Waals surface area (Å²) < 4.78 is 34.6. The van der Waals surface area contributed by atoms with Gasteiger partial charge in [-0.2, -0.15) is 0 Å². The van der Waals surface area contributed by atoms with E-state index in [1.807, 2.05) is 21.1 Å². The van der Waals surface area contributed by atoms with Gasteiger partial charge in [-0.05, 0) is 103 Å². The minimum Gasteiger partial charge on any atom is -0.462 e. The first-order valence-corrected chi connectivity index (χ1v) is 33.1. The zero-order valence-electron chi connectivity index (χ0n) is 50.9. The Bertz CT molecular complexity index is 1680. The zero-order chi connectivity index (χ0) is 57.0. The highest BCUT2D eigenvalue weighted by molar-refractivity contribution is 7.47. The number of hydrogen-bond acceptors (Lipinski definition) is 7. The van der Waals surface area contributed by atoms with Crippen LogP contribution in [0.1, 0.15) is 258 Å². The third kappa shape index (κ3) is 61.9. The highest BCUT2D eigenvalue weighted by Gasteiger charge is 2.27. The van der Waals surface area contributed by atoms with Crippen LogP contribution in [-0.4, -0.2) is 74.9 Å². The van der Waals surface area contributed by atoms with Gasteiger partial charge in [0.1, 0.15) is 19.8 Å². The van der Waals surface area contributed by atoms with Gasteiger partial charge in [-0.15, -0.1) is 0 Å². The van der Waals surface area contributed by atoms with Crippen LogP contribution in [0.25, 0.3) is 0 Å². The topological polar surface area (TPSA) is 108 Å². The maximum atomic E-state index is 12.8. The second-order valence-electron chi connectivity index (χ2n) is 22.1. The van der Waals surface area contributed by atoms with Gasteiger partial charge in [0.05, 0.1) is 27.7 Å². The minimum atomic E-state index is -4.40. The summed E-state index contributed by atoms with van der Waals surface area (Å²) in [5.41, 5.74) is 0. The number of carbonyl (C=O) groups excluding carboxylic acids is 2. The van der Waals surface area contributed by atoms with Gasteiger partial charge in [0, 0.05) is 12.8 Å². The number of allylic oxidation sites excluding steroid dienone is 18. The van der Waals surface area contributed by atoms with Crippen LogP contribution in [-0.2, 0) is 32.7 Å². The zero-order valence-corrected chi connectivity index (χ0v) is 51.8. The number of phosphoric ester groups is 1. The molecule has 0 aromatic carbocycles. The number of rotatable bonds is 57. The van der Waals surface area contributed by atoms with E-state index in [0.717, 1.165) is 96.3 Å². The second kappa shape index (κ2) is 58.3. The molecular formula is C68H119NO8P+. The largest absolute Gasteiger partial charge is 0.472 e. The molecular weight excluding hydrogens is 990 g/mol. The molecule has 0 aliphatic carbocycles. The van der Waals surface area contributed by atoms with Crippen LogP contribution < -0.4 is 0 Å². The first-order valence-electron chi connectivity index (χ1n) is 31.6. The number of carbonyl (C=O) groups is 2. The normalized spacial score (nSPS) is 14.0. The molecule has 0 amide bonds. The molecule has 78 heavy (non-hydrogen) atoms.